The van der Waals surface area contributed by atoms with Gasteiger partial charge in [-0.1, -0.05) is 0 Å². The Morgan fingerprint density at radius 2 is 2.08 bits per heavy atom. The smallest absolute Gasteiger partial charge is 0.239 e. The Labute approximate surface area is 148 Å². The molecule has 0 N–H and O–H groups in total. The zero-order valence-corrected chi connectivity index (χ0v) is 14.7. The summed E-state index contributed by atoms with van der Waals surface area (Å²) in [5, 5.41) is 8.65. The highest BCUT2D eigenvalue weighted by atomic mass is 19.1. The van der Waals surface area contributed by atoms with E-state index in [1.54, 1.807) is 11.9 Å². The number of carbonyl (C=O) groups excluding carboxylic acids is 2. The van der Waals surface area contributed by atoms with E-state index in [0.717, 1.165) is 19.4 Å². The summed E-state index contributed by atoms with van der Waals surface area (Å²) in [7, 11) is 1.70. The van der Waals surface area contributed by atoms with Gasteiger partial charge in [0, 0.05) is 31.6 Å². The minimum atomic E-state index is -0.360. The van der Waals surface area contributed by atoms with Gasteiger partial charge in [-0.2, -0.15) is 5.26 Å². The molecule has 2 rings (SSSR count). The van der Waals surface area contributed by atoms with Gasteiger partial charge in [0.25, 0.3) is 0 Å². The molecule has 0 bridgehead atoms. The van der Waals surface area contributed by atoms with E-state index in [2.05, 4.69) is 0 Å². The van der Waals surface area contributed by atoms with Crippen LogP contribution in [0.15, 0.2) is 24.3 Å². The number of amides is 1. The Hall–Kier alpha value is -2.26. The van der Waals surface area contributed by atoms with Crippen molar-refractivity contribution in [2.75, 3.05) is 26.7 Å². The van der Waals surface area contributed by atoms with Gasteiger partial charge in [-0.05, 0) is 50.6 Å². The number of halogens is 1. The molecule has 1 saturated heterocycles. The first-order valence-corrected chi connectivity index (χ1v) is 8.59. The fraction of sp³-hybridized carbons (Fsp3) is 0.526. The first kappa shape index (κ1) is 19.1. The van der Waals surface area contributed by atoms with Gasteiger partial charge in [0.15, 0.2) is 5.78 Å². The van der Waals surface area contributed by atoms with Crippen molar-refractivity contribution >= 4 is 11.7 Å². The number of benzene rings is 1. The Bertz CT molecular complexity index is 654. The number of nitriles is 1. The van der Waals surface area contributed by atoms with Crippen molar-refractivity contribution in [2.24, 2.45) is 5.92 Å². The van der Waals surface area contributed by atoms with Crippen LogP contribution >= 0.6 is 0 Å². The van der Waals surface area contributed by atoms with Gasteiger partial charge in [0.2, 0.25) is 5.91 Å². The van der Waals surface area contributed by atoms with E-state index < -0.39 is 0 Å². The third kappa shape index (κ3) is 4.86. The van der Waals surface area contributed by atoms with Gasteiger partial charge >= 0.3 is 0 Å². The molecule has 0 saturated carbocycles. The summed E-state index contributed by atoms with van der Waals surface area (Å²) in [6, 6.07) is 7.33. The predicted octanol–water partition coefficient (Wildman–Crippen LogP) is 2.48. The van der Waals surface area contributed by atoms with Crippen LogP contribution in [0, 0.1) is 23.1 Å². The molecule has 1 amide bonds. The summed E-state index contributed by atoms with van der Waals surface area (Å²) in [5.74, 6) is -0.576. The Kier molecular flexibility index (Phi) is 6.65. The largest absolute Gasteiger partial charge is 0.343 e. The van der Waals surface area contributed by atoms with Crippen molar-refractivity contribution in [1.82, 2.24) is 9.80 Å². The van der Waals surface area contributed by atoms with Crippen LogP contribution in [-0.2, 0) is 4.79 Å². The lowest BCUT2D eigenvalue weighted by Crippen LogP contribution is -2.50. The number of nitrogens with zero attached hydrogens (tertiary/aromatic N) is 3. The maximum absolute atomic E-state index is 13.0. The molecule has 0 unspecified atom stereocenters. The van der Waals surface area contributed by atoms with Crippen molar-refractivity contribution in [3.8, 4) is 6.07 Å². The van der Waals surface area contributed by atoms with Gasteiger partial charge in [-0.15, -0.1) is 0 Å². The average molecular weight is 345 g/mol. The molecule has 5 nitrogen and oxygen atoms in total. The SMILES string of the molecule is C[C@@H](C(=O)N(C)CCC#N)N1CCC[C@@H](C(=O)c2ccc(F)cc2)C1. The molecule has 1 fully saturated rings. The van der Waals surface area contributed by atoms with E-state index >= 15 is 0 Å². The van der Waals surface area contributed by atoms with Gasteiger partial charge in [-0.25, -0.2) is 4.39 Å². The minimum Gasteiger partial charge on any atom is -0.343 e. The normalized spacial score (nSPS) is 19.0. The van der Waals surface area contributed by atoms with E-state index in [-0.39, 0.29) is 29.5 Å². The minimum absolute atomic E-state index is 0.00202. The molecule has 1 aromatic carbocycles. The van der Waals surface area contributed by atoms with Crippen LogP contribution < -0.4 is 0 Å². The van der Waals surface area contributed by atoms with E-state index in [1.165, 1.54) is 24.3 Å². The summed E-state index contributed by atoms with van der Waals surface area (Å²) in [6.07, 6.45) is 1.93. The van der Waals surface area contributed by atoms with Crippen molar-refractivity contribution < 1.29 is 14.0 Å². The molecule has 6 heteroatoms. The van der Waals surface area contributed by atoms with Gasteiger partial charge in [0.05, 0.1) is 18.5 Å². The maximum Gasteiger partial charge on any atom is 0.239 e. The van der Waals surface area contributed by atoms with Gasteiger partial charge in [0.1, 0.15) is 5.82 Å². The maximum atomic E-state index is 13.0. The number of Topliss-reactive ketones (excluding diaryl/α,β-unsaturated/α-hetero) is 1. The first-order chi connectivity index (χ1) is 11.9. The Morgan fingerprint density at radius 1 is 1.40 bits per heavy atom. The third-order valence-corrected chi connectivity index (χ3v) is 4.79. The Balaban J connectivity index is 2.00. The van der Waals surface area contributed by atoms with Crippen LogP contribution in [-0.4, -0.2) is 54.2 Å². The second-order valence-corrected chi connectivity index (χ2v) is 6.55. The number of hydrogen-bond acceptors (Lipinski definition) is 4. The quantitative estimate of drug-likeness (QED) is 0.743. The fourth-order valence-electron chi connectivity index (χ4n) is 3.23. The summed E-state index contributed by atoms with van der Waals surface area (Å²) < 4.78 is 13.0. The molecule has 1 aliphatic heterocycles. The number of carbonyl (C=O) groups is 2. The highest BCUT2D eigenvalue weighted by Gasteiger charge is 2.32. The first-order valence-electron chi connectivity index (χ1n) is 8.59. The number of rotatable bonds is 6. The molecule has 0 radical (unpaired) electrons. The lowest BCUT2D eigenvalue weighted by molar-refractivity contribution is -0.135. The monoisotopic (exact) mass is 345 g/mol. The molecule has 25 heavy (non-hydrogen) atoms. The number of ketones is 1. The molecular weight excluding hydrogens is 321 g/mol. The average Bonchev–Trinajstić information content (AvgIpc) is 2.65. The third-order valence-electron chi connectivity index (χ3n) is 4.79. The standard InChI is InChI=1S/C19H24FN3O2/c1-14(19(25)22(2)11-4-10-21)23-12-3-5-16(13-23)18(24)15-6-8-17(20)9-7-15/h6-9,14,16H,3-5,11-13H2,1-2H3/t14-,16+/m0/s1. The van der Waals surface area contributed by atoms with Gasteiger partial charge in [-0.3, -0.25) is 14.5 Å². The molecule has 0 aromatic heterocycles. The van der Waals surface area contributed by atoms with E-state index in [4.69, 9.17) is 5.26 Å². The van der Waals surface area contributed by atoms with Crippen LogP contribution in [0.4, 0.5) is 4.39 Å². The highest BCUT2D eigenvalue weighted by molar-refractivity contribution is 5.98. The van der Waals surface area contributed by atoms with Crippen LogP contribution in [0.2, 0.25) is 0 Å². The second-order valence-electron chi connectivity index (χ2n) is 6.55. The predicted molar refractivity (Wildman–Crippen MR) is 92.4 cm³/mol. The molecule has 1 aromatic rings. The van der Waals surface area contributed by atoms with E-state index in [1.807, 2.05) is 17.9 Å². The Morgan fingerprint density at radius 3 is 2.72 bits per heavy atom. The van der Waals surface area contributed by atoms with Crippen LogP contribution in [0.5, 0.6) is 0 Å². The summed E-state index contributed by atoms with van der Waals surface area (Å²) >= 11 is 0. The van der Waals surface area contributed by atoms with Crippen LogP contribution in [0.3, 0.4) is 0 Å². The molecule has 1 aliphatic rings. The summed E-state index contributed by atoms with van der Waals surface area (Å²) in [5.41, 5.74) is 0.512. The lowest BCUT2D eigenvalue weighted by Gasteiger charge is -2.36. The van der Waals surface area contributed by atoms with Crippen LogP contribution in [0.25, 0.3) is 0 Å². The molecule has 0 aliphatic carbocycles. The second kappa shape index (κ2) is 8.72. The van der Waals surface area contributed by atoms with Crippen molar-refractivity contribution in [2.45, 2.75) is 32.2 Å². The number of hydrogen-bond donors (Lipinski definition) is 0. The highest BCUT2D eigenvalue weighted by Crippen LogP contribution is 2.23. The topological polar surface area (TPSA) is 64.4 Å². The zero-order valence-electron chi connectivity index (χ0n) is 14.7. The number of likely N-dealkylation sites (N-methyl/N-ethyl adjacent to an activating group) is 1. The molecule has 134 valence electrons. The van der Waals surface area contributed by atoms with Crippen molar-refractivity contribution in [3.05, 3.63) is 35.6 Å². The van der Waals surface area contributed by atoms with Crippen LogP contribution in [0.1, 0.15) is 36.5 Å². The zero-order chi connectivity index (χ0) is 18.4. The van der Waals surface area contributed by atoms with E-state index in [9.17, 15) is 14.0 Å². The molecule has 2 atom stereocenters. The van der Waals surface area contributed by atoms with Crippen molar-refractivity contribution in [1.29, 1.82) is 5.26 Å². The molecule has 0 spiro atoms. The number of piperidine rings is 1. The molecule has 1 heterocycles. The number of likely N-dealkylation sites (tertiary alicyclic amines) is 1. The fourth-order valence-corrected chi connectivity index (χ4v) is 3.23. The van der Waals surface area contributed by atoms with E-state index in [0.29, 0.717) is 25.1 Å². The lowest BCUT2D eigenvalue weighted by atomic mass is 9.89. The van der Waals surface area contributed by atoms with Gasteiger partial charge < -0.3 is 4.90 Å². The van der Waals surface area contributed by atoms with Crippen molar-refractivity contribution in [3.63, 3.8) is 0 Å². The summed E-state index contributed by atoms with van der Waals surface area (Å²) in [6.45, 7) is 3.54. The summed E-state index contributed by atoms with van der Waals surface area (Å²) in [4.78, 5) is 28.7. The molecular formula is C19H24FN3O2.